The molecule has 1 aliphatic rings. The summed E-state index contributed by atoms with van der Waals surface area (Å²) in [5, 5.41) is 3.04. The van der Waals surface area contributed by atoms with E-state index in [0.717, 1.165) is 31.2 Å². The second-order valence-corrected chi connectivity index (χ2v) is 6.30. The van der Waals surface area contributed by atoms with Gasteiger partial charge in [0.1, 0.15) is 11.9 Å². The van der Waals surface area contributed by atoms with E-state index < -0.39 is 0 Å². The molecule has 1 saturated carbocycles. The van der Waals surface area contributed by atoms with Crippen LogP contribution in [0.15, 0.2) is 42.9 Å². The minimum absolute atomic E-state index is 0.0408. The minimum atomic E-state index is -0.0844. The van der Waals surface area contributed by atoms with Crippen LogP contribution in [0.3, 0.4) is 0 Å². The van der Waals surface area contributed by atoms with Crippen molar-refractivity contribution in [2.45, 2.75) is 44.8 Å². The summed E-state index contributed by atoms with van der Waals surface area (Å²) in [5.41, 5.74) is 1.16. The number of carbonyl (C=O) groups excluding carboxylic acids is 1. The van der Waals surface area contributed by atoms with Gasteiger partial charge in [-0.2, -0.15) is 0 Å². The zero-order valence-electron chi connectivity index (χ0n) is 14.4. The van der Waals surface area contributed by atoms with E-state index in [2.05, 4.69) is 15.3 Å². The fourth-order valence-electron chi connectivity index (χ4n) is 2.89. The van der Waals surface area contributed by atoms with Gasteiger partial charge in [0.15, 0.2) is 6.61 Å². The molecule has 0 radical (unpaired) electrons. The van der Waals surface area contributed by atoms with Crippen LogP contribution in [0.4, 0.5) is 0 Å². The summed E-state index contributed by atoms with van der Waals surface area (Å²) >= 11 is 0. The number of ether oxygens (including phenoxy) is 2. The van der Waals surface area contributed by atoms with Gasteiger partial charge in [0.2, 0.25) is 5.88 Å². The van der Waals surface area contributed by atoms with Gasteiger partial charge < -0.3 is 14.8 Å². The van der Waals surface area contributed by atoms with Gasteiger partial charge in [-0.3, -0.25) is 9.78 Å². The van der Waals surface area contributed by atoms with Crippen molar-refractivity contribution in [3.8, 4) is 11.6 Å². The number of carbonyl (C=O) groups is 1. The van der Waals surface area contributed by atoms with Crippen LogP contribution in [-0.2, 0) is 4.79 Å². The van der Waals surface area contributed by atoms with Gasteiger partial charge in [-0.25, -0.2) is 4.98 Å². The maximum atomic E-state index is 12.0. The van der Waals surface area contributed by atoms with Gasteiger partial charge in [-0.05, 0) is 44.7 Å². The fraction of sp³-hybridized carbons (Fsp3) is 0.421. The lowest BCUT2D eigenvalue weighted by atomic mass is 9.93. The molecule has 0 atom stereocenters. The van der Waals surface area contributed by atoms with Gasteiger partial charge >= 0.3 is 0 Å². The molecule has 0 aliphatic heterocycles. The van der Waals surface area contributed by atoms with E-state index in [-0.39, 0.29) is 24.7 Å². The van der Waals surface area contributed by atoms with Crippen LogP contribution in [-0.4, -0.2) is 34.6 Å². The fourth-order valence-corrected chi connectivity index (χ4v) is 2.89. The van der Waals surface area contributed by atoms with Gasteiger partial charge in [0.25, 0.3) is 5.91 Å². The molecule has 2 aromatic rings. The van der Waals surface area contributed by atoms with Crippen molar-refractivity contribution < 1.29 is 14.3 Å². The van der Waals surface area contributed by atoms with E-state index in [9.17, 15) is 4.79 Å². The molecular weight excluding hydrogens is 318 g/mol. The molecule has 0 bridgehead atoms. The summed E-state index contributed by atoms with van der Waals surface area (Å²) in [6, 6.07) is 7.85. The monoisotopic (exact) mass is 341 g/mol. The van der Waals surface area contributed by atoms with Crippen LogP contribution in [0.2, 0.25) is 0 Å². The third kappa shape index (κ3) is 5.45. The van der Waals surface area contributed by atoms with Crippen molar-refractivity contribution in [3.05, 3.63) is 48.4 Å². The first kappa shape index (κ1) is 17.2. The molecule has 0 spiro atoms. The topological polar surface area (TPSA) is 73.3 Å². The lowest BCUT2D eigenvalue weighted by Gasteiger charge is -2.29. The number of nitrogens with zero attached hydrogens (tertiary/aromatic N) is 2. The molecule has 0 unspecified atom stereocenters. The molecular formula is C19H23N3O3. The molecule has 25 heavy (non-hydrogen) atoms. The Morgan fingerprint density at radius 1 is 1.16 bits per heavy atom. The molecule has 1 aromatic carbocycles. The van der Waals surface area contributed by atoms with Crippen molar-refractivity contribution >= 4 is 5.91 Å². The molecule has 1 heterocycles. The normalized spacial score (nSPS) is 19.9. The molecule has 1 aliphatic carbocycles. The molecule has 1 amide bonds. The molecule has 6 nitrogen and oxygen atoms in total. The third-order valence-corrected chi connectivity index (χ3v) is 4.26. The largest absolute Gasteiger partial charge is 0.484 e. The molecule has 1 fully saturated rings. The number of aryl methyl sites for hydroxylation is 1. The standard InChI is InChI=1S/C19H23N3O3/c1-14-2-6-16(7-3-14)24-13-18(23)22-15-4-8-17(9-5-15)25-19-12-20-10-11-21-19/h2-3,6-7,10-12,15,17H,4-5,8-9,13H2,1H3,(H,22,23). The molecule has 1 N–H and O–H groups in total. The zero-order valence-corrected chi connectivity index (χ0v) is 14.4. The Kier molecular flexibility index (Phi) is 5.82. The number of benzene rings is 1. The average Bonchev–Trinajstić information content (AvgIpc) is 2.64. The number of rotatable bonds is 6. The van der Waals surface area contributed by atoms with Crippen LogP contribution < -0.4 is 14.8 Å². The van der Waals surface area contributed by atoms with Crippen molar-refractivity contribution in [2.24, 2.45) is 0 Å². The van der Waals surface area contributed by atoms with Crippen LogP contribution in [0.25, 0.3) is 0 Å². The third-order valence-electron chi connectivity index (χ3n) is 4.26. The highest BCUT2D eigenvalue weighted by molar-refractivity contribution is 5.77. The molecule has 132 valence electrons. The Morgan fingerprint density at radius 2 is 1.92 bits per heavy atom. The number of hydrogen-bond acceptors (Lipinski definition) is 5. The van der Waals surface area contributed by atoms with E-state index in [4.69, 9.17) is 9.47 Å². The van der Waals surface area contributed by atoms with Crippen molar-refractivity contribution in [2.75, 3.05) is 6.61 Å². The highest BCUT2D eigenvalue weighted by Gasteiger charge is 2.24. The minimum Gasteiger partial charge on any atom is -0.484 e. The van der Waals surface area contributed by atoms with Gasteiger partial charge in [0.05, 0.1) is 6.20 Å². The van der Waals surface area contributed by atoms with Crippen molar-refractivity contribution in [1.29, 1.82) is 0 Å². The first-order valence-electron chi connectivity index (χ1n) is 8.60. The van der Waals surface area contributed by atoms with E-state index in [1.807, 2.05) is 31.2 Å². The Balaban J connectivity index is 1.36. The summed E-state index contributed by atoms with van der Waals surface area (Å²) in [5.74, 6) is 1.18. The number of hydrogen-bond donors (Lipinski definition) is 1. The second-order valence-electron chi connectivity index (χ2n) is 6.30. The van der Waals surface area contributed by atoms with Gasteiger partial charge in [-0.1, -0.05) is 17.7 Å². The Labute approximate surface area is 147 Å². The Hall–Kier alpha value is -2.63. The second kappa shape index (κ2) is 8.46. The predicted molar refractivity (Wildman–Crippen MR) is 93.5 cm³/mol. The van der Waals surface area contributed by atoms with E-state index in [1.165, 1.54) is 0 Å². The van der Waals surface area contributed by atoms with E-state index in [1.54, 1.807) is 18.6 Å². The quantitative estimate of drug-likeness (QED) is 0.874. The smallest absolute Gasteiger partial charge is 0.258 e. The highest BCUT2D eigenvalue weighted by atomic mass is 16.5. The summed E-state index contributed by atoms with van der Waals surface area (Å²) in [6.07, 6.45) is 8.56. The maximum Gasteiger partial charge on any atom is 0.258 e. The summed E-state index contributed by atoms with van der Waals surface area (Å²) in [4.78, 5) is 20.2. The first-order chi connectivity index (χ1) is 12.2. The van der Waals surface area contributed by atoms with Gasteiger partial charge in [0, 0.05) is 18.4 Å². The molecule has 3 rings (SSSR count). The van der Waals surface area contributed by atoms with Gasteiger partial charge in [-0.15, -0.1) is 0 Å². The Morgan fingerprint density at radius 3 is 2.60 bits per heavy atom. The highest BCUT2D eigenvalue weighted by Crippen LogP contribution is 2.22. The molecule has 6 heteroatoms. The summed E-state index contributed by atoms with van der Waals surface area (Å²) in [7, 11) is 0. The first-order valence-corrected chi connectivity index (χ1v) is 8.60. The average molecular weight is 341 g/mol. The van der Waals surface area contributed by atoms with Crippen molar-refractivity contribution in [3.63, 3.8) is 0 Å². The Bertz CT molecular complexity index is 668. The molecule has 1 aromatic heterocycles. The lowest BCUT2D eigenvalue weighted by Crippen LogP contribution is -2.41. The van der Waals surface area contributed by atoms with E-state index >= 15 is 0 Å². The van der Waals surface area contributed by atoms with E-state index in [0.29, 0.717) is 11.6 Å². The van der Waals surface area contributed by atoms with Crippen LogP contribution >= 0.6 is 0 Å². The van der Waals surface area contributed by atoms with Crippen LogP contribution in [0.5, 0.6) is 11.6 Å². The summed E-state index contributed by atoms with van der Waals surface area (Å²) in [6.45, 7) is 2.06. The van der Waals surface area contributed by atoms with Crippen LogP contribution in [0.1, 0.15) is 31.2 Å². The van der Waals surface area contributed by atoms with Crippen LogP contribution in [0, 0.1) is 6.92 Å². The van der Waals surface area contributed by atoms with Crippen molar-refractivity contribution in [1.82, 2.24) is 15.3 Å². The number of amides is 1. The SMILES string of the molecule is Cc1ccc(OCC(=O)NC2CCC(Oc3cnccn3)CC2)cc1. The lowest BCUT2D eigenvalue weighted by molar-refractivity contribution is -0.124. The number of nitrogens with one attached hydrogen (secondary N) is 1. The predicted octanol–water partition coefficient (Wildman–Crippen LogP) is 2.67. The number of aromatic nitrogens is 2. The molecule has 0 saturated heterocycles. The maximum absolute atomic E-state index is 12.0. The summed E-state index contributed by atoms with van der Waals surface area (Å²) < 4.78 is 11.3. The zero-order chi connectivity index (χ0) is 17.5.